The smallest absolute Gasteiger partial charge is 0.0809 e. The number of thiophene rings is 2. The van der Waals surface area contributed by atoms with Crippen LogP contribution in [0.1, 0.15) is 17.2 Å². The van der Waals surface area contributed by atoms with Crippen LogP contribution in [0.25, 0.3) is 20.3 Å². The van der Waals surface area contributed by atoms with Crippen LogP contribution < -0.4 is 5.73 Å². The molecule has 0 radical (unpaired) electrons. The second-order valence-electron chi connectivity index (χ2n) is 5.14. The van der Waals surface area contributed by atoms with Gasteiger partial charge in [0, 0.05) is 16.9 Å². The maximum atomic E-state index is 6.41. The Kier molecular flexibility index (Phi) is 3.22. The van der Waals surface area contributed by atoms with Crippen molar-refractivity contribution in [1.82, 2.24) is 4.98 Å². The Labute approximate surface area is 130 Å². The molecule has 0 saturated carbocycles. The molecule has 4 aromatic rings. The molecule has 0 aliphatic rings. The second kappa shape index (κ2) is 5.22. The van der Waals surface area contributed by atoms with Gasteiger partial charge in [0.25, 0.3) is 0 Å². The SMILES string of the molecule is NC(Cc1csc2ccccc12)c1cnc2ccsc2c1. The van der Waals surface area contributed by atoms with E-state index in [1.165, 1.54) is 20.3 Å². The predicted octanol–water partition coefficient (Wildman–Crippen LogP) is 4.75. The minimum atomic E-state index is -0.0120. The highest BCUT2D eigenvalue weighted by Gasteiger charge is 2.12. The summed E-state index contributed by atoms with van der Waals surface area (Å²) in [5.41, 5.74) is 9.90. The molecule has 21 heavy (non-hydrogen) atoms. The highest BCUT2D eigenvalue weighted by molar-refractivity contribution is 7.17. The van der Waals surface area contributed by atoms with Gasteiger partial charge in [-0.2, -0.15) is 0 Å². The van der Waals surface area contributed by atoms with Gasteiger partial charge >= 0.3 is 0 Å². The Balaban J connectivity index is 1.66. The van der Waals surface area contributed by atoms with Gasteiger partial charge in [0.2, 0.25) is 0 Å². The fourth-order valence-electron chi connectivity index (χ4n) is 2.61. The molecule has 0 bridgehead atoms. The van der Waals surface area contributed by atoms with Crippen LogP contribution in [-0.4, -0.2) is 4.98 Å². The van der Waals surface area contributed by atoms with Gasteiger partial charge in [0.1, 0.15) is 0 Å². The molecule has 1 unspecified atom stereocenters. The zero-order chi connectivity index (χ0) is 14.2. The minimum Gasteiger partial charge on any atom is -0.324 e. The fraction of sp³-hybridized carbons (Fsp3) is 0.118. The third-order valence-corrected chi connectivity index (χ3v) is 5.62. The molecule has 3 heterocycles. The summed E-state index contributed by atoms with van der Waals surface area (Å²) in [4.78, 5) is 4.49. The van der Waals surface area contributed by atoms with Gasteiger partial charge in [-0.1, -0.05) is 18.2 Å². The van der Waals surface area contributed by atoms with Gasteiger partial charge in [-0.3, -0.25) is 4.98 Å². The van der Waals surface area contributed by atoms with Gasteiger partial charge in [0.15, 0.2) is 0 Å². The monoisotopic (exact) mass is 310 g/mol. The maximum absolute atomic E-state index is 6.41. The summed E-state index contributed by atoms with van der Waals surface area (Å²) in [5, 5.41) is 5.61. The lowest BCUT2D eigenvalue weighted by Gasteiger charge is -2.11. The average molecular weight is 310 g/mol. The number of pyridine rings is 1. The number of fused-ring (bicyclic) bond motifs is 2. The van der Waals surface area contributed by atoms with E-state index in [9.17, 15) is 0 Å². The topological polar surface area (TPSA) is 38.9 Å². The molecule has 2 nitrogen and oxygen atoms in total. The van der Waals surface area contributed by atoms with E-state index in [1.54, 1.807) is 22.7 Å². The Morgan fingerprint density at radius 3 is 2.95 bits per heavy atom. The zero-order valence-corrected chi connectivity index (χ0v) is 13.0. The molecule has 4 heteroatoms. The first-order valence-corrected chi connectivity index (χ1v) is 8.61. The predicted molar refractivity (Wildman–Crippen MR) is 92.1 cm³/mol. The number of hydrogen-bond donors (Lipinski definition) is 1. The van der Waals surface area contributed by atoms with E-state index in [-0.39, 0.29) is 6.04 Å². The molecule has 3 aromatic heterocycles. The van der Waals surface area contributed by atoms with Crippen molar-refractivity contribution in [2.24, 2.45) is 5.73 Å². The number of nitrogens with zero attached hydrogens (tertiary/aromatic N) is 1. The molecular weight excluding hydrogens is 296 g/mol. The van der Waals surface area contributed by atoms with E-state index in [4.69, 9.17) is 5.73 Å². The summed E-state index contributed by atoms with van der Waals surface area (Å²) >= 11 is 3.50. The van der Waals surface area contributed by atoms with Crippen LogP contribution in [0.2, 0.25) is 0 Å². The van der Waals surface area contributed by atoms with Crippen LogP contribution in [-0.2, 0) is 6.42 Å². The third-order valence-electron chi connectivity index (χ3n) is 3.75. The number of benzene rings is 1. The number of rotatable bonds is 3. The summed E-state index contributed by atoms with van der Waals surface area (Å²) in [6, 6.07) is 12.7. The lowest BCUT2D eigenvalue weighted by atomic mass is 10.0. The molecule has 104 valence electrons. The van der Waals surface area contributed by atoms with E-state index in [2.05, 4.69) is 46.1 Å². The zero-order valence-electron chi connectivity index (χ0n) is 11.3. The van der Waals surface area contributed by atoms with Gasteiger partial charge < -0.3 is 5.73 Å². The lowest BCUT2D eigenvalue weighted by molar-refractivity contribution is 0.725. The van der Waals surface area contributed by atoms with Crippen molar-refractivity contribution in [3.63, 3.8) is 0 Å². The Bertz CT molecular complexity index is 907. The summed E-state index contributed by atoms with van der Waals surface area (Å²) in [5.74, 6) is 0. The van der Waals surface area contributed by atoms with Crippen molar-refractivity contribution in [2.45, 2.75) is 12.5 Å². The molecule has 1 atom stereocenters. The van der Waals surface area contributed by atoms with E-state index in [0.717, 1.165) is 17.5 Å². The summed E-state index contributed by atoms with van der Waals surface area (Å²) < 4.78 is 2.53. The Hall–Kier alpha value is -1.75. The van der Waals surface area contributed by atoms with Crippen molar-refractivity contribution in [2.75, 3.05) is 0 Å². The molecule has 0 aliphatic carbocycles. The number of nitrogens with two attached hydrogens (primary N) is 1. The van der Waals surface area contributed by atoms with Crippen LogP contribution >= 0.6 is 22.7 Å². The van der Waals surface area contributed by atoms with Gasteiger partial charge in [-0.05, 0) is 51.9 Å². The van der Waals surface area contributed by atoms with Gasteiger partial charge in [-0.15, -0.1) is 22.7 Å². The van der Waals surface area contributed by atoms with E-state index in [1.807, 2.05) is 12.3 Å². The summed E-state index contributed by atoms with van der Waals surface area (Å²) in [7, 11) is 0. The van der Waals surface area contributed by atoms with Crippen LogP contribution in [0.3, 0.4) is 0 Å². The first-order valence-electron chi connectivity index (χ1n) is 6.85. The second-order valence-corrected chi connectivity index (χ2v) is 7.00. The lowest BCUT2D eigenvalue weighted by Crippen LogP contribution is -2.13. The first kappa shape index (κ1) is 13.0. The fourth-order valence-corrected chi connectivity index (χ4v) is 4.37. The van der Waals surface area contributed by atoms with Crippen molar-refractivity contribution < 1.29 is 0 Å². The molecule has 0 saturated heterocycles. The summed E-state index contributed by atoms with van der Waals surface area (Å²) in [6.45, 7) is 0. The van der Waals surface area contributed by atoms with E-state index in [0.29, 0.717) is 0 Å². The van der Waals surface area contributed by atoms with Crippen molar-refractivity contribution in [3.8, 4) is 0 Å². The minimum absolute atomic E-state index is 0.0120. The molecule has 0 fully saturated rings. The first-order chi connectivity index (χ1) is 10.3. The molecule has 2 N–H and O–H groups in total. The normalized spacial score (nSPS) is 13.0. The Morgan fingerprint density at radius 1 is 1.10 bits per heavy atom. The molecular formula is C17H14N2S2. The van der Waals surface area contributed by atoms with Crippen LogP contribution in [0.4, 0.5) is 0 Å². The molecule has 0 aliphatic heterocycles. The highest BCUT2D eigenvalue weighted by Crippen LogP contribution is 2.29. The highest BCUT2D eigenvalue weighted by atomic mass is 32.1. The van der Waals surface area contributed by atoms with Gasteiger partial charge in [0.05, 0.1) is 10.2 Å². The molecule has 0 spiro atoms. The largest absolute Gasteiger partial charge is 0.324 e. The number of aromatic nitrogens is 1. The molecule has 4 rings (SSSR count). The quantitative estimate of drug-likeness (QED) is 0.593. The Morgan fingerprint density at radius 2 is 2.00 bits per heavy atom. The van der Waals surface area contributed by atoms with Gasteiger partial charge in [-0.25, -0.2) is 0 Å². The molecule has 0 amide bonds. The molecule has 1 aromatic carbocycles. The average Bonchev–Trinajstić information content (AvgIpc) is 3.13. The standard InChI is InChI=1S/C17H14N2S2/c18-14(11-8-17-15(19-9-11)5-6-20-17)7-12-10-21-16-4-2-1-3-13(12)16/h1-6,8-10,14H,7,18H2. The van der Waals surface area contributed by atoms with Crippen molar-refractivity contribution >= 4 is 43.0 Å². The maximum Gasteiger partial charge on any atom is 0.0809 e. The van der Waals surface area contributed by atoms with Crippen molar-refractivity contribution in [1.29, 1.82) is 0 Å². The van der Waals surface area contributed by atoms with E-state index < -0.39 is 0 Å². The summed E-state index contributed by atoms with van der Waals surface area (Å²) in [6.07, 6.45) is 2.76. The van der Waals surface area contributed by atoms with Crippen LogP contribution in [0.15, 0.2) is 53.4 Å². The van der Waals surface area contributed by atoms with Crippen LogP contribution in [0.5, 0.6) is 0 Å². The number of hydrogen-bond acceptors (Lipinski definition) is 4. The van der Waals surface area contributed by atoms with E-state index >= 15 is 0 Å². The van der Waals surface area contributed by atoms with Crippen molar-refractivity contribution in [3.05, 3.63) is 64.5 Å². The third kappa shape index (κ3) is 2.35. The van der Waals surface area contributed by atoms with Crippen LogP contribution in [0, 0.1) is 0 Å².